The summed E-state index contributed by atoms with van der Waals surface area (Å²) in [7, 11) is 0. The predicted molar refractivity (Wildman–Crippen MR) is 86.0 cm³/mol. The lowest BCUT2D eigenvalue weighted by Gasteiger charge is -2.31. The topological polar surface area (TPSA) is 81.2 Å². The van der Waals surface area contributed by atoms with Crippen molar-refractivity contribution in [1.82, 2.24) is 14.7 Å². The summed E-state index contributed by atoms with van der Waals surface area (Å²) in [5, 5.41) is 4.28. The van der Waals surface area contributed by atoms with Crippen LogP contribution >= 0.6 is 0 Å². The second-order valence-electron chi connectivity index (χ2n) is 6.03. The average Bonchev–Trinajstić information content (AvgIpc) is 3.05. The van der Waals surface area contributed by atoms with Crippen LogP contribution in [0.3, 0.4) is 0 Å². The molecule has 1 aromatic carbocycles. The lowest BCUT2D eigenvalue weighted by molar-refractivity contribution is -0.119. The highest BCUT2D eigenvalue weighted by molar-refractivity contribution is 5.92. The Bertz CT molecular complexity index is 733. The van der Waals surface area contributed by atoms with E-state index in [-0.39, 0.29) is 23.5 Å². The molecule has 3 rings (SSSR count). The Morgan fingerprint density at radius 3 is 2.46 bits per heavy atom. The molecule has 0 bridgehead atoms. The van der Waals surface area contributed by atoms with E-state index < -0.39 is 0 Å². The highest BCUT2D eigenvalue weighted by Gasteiger charge is 2.25. The zero-order valence-electron chi connectivity index (χ0n) is 13.2. The van der Waals surface area contributed by atoms with E-state index in [2.05, 4.69) is 5.10 Å². The number of carbonyl (C=O) groups is 2. The van der Waals surface area contributed by atoms with Crippen molar-refractivity contribution in [3.63, 3.8) is 0 Å². The number of benzene rings is 1. The van der Waals surface area contributed by atoms with Gasteiger partial charge in [0, 0.05) is 25.7 Å². The van der Waals surface area contributed by atoms with Crippen molar-refractivity contribution < 1.29 is 14.0 Å². The van der Waals surface area contributed by atoms with Gasteiger partial charge in [-0.05, 0) is 49.1 Å². The molecular weight excluding hydrogens is 311 g/mol. The molecule has 0 atom stereocenters. The number of rotatable bonds is 4. The van der Waals surface area contributed by atoms with Crippen molar-refractivity contribution >= 4 is 11.8 Å². The van der Waals surface area contributed by atoms with Crippen molar-refractivity contribution in [2.45, 2.75) is 19.3 Å². The summed E-state index contributed by atoms with van der Waals surface area (Å²) < 4.78 is 14.5. The van der Waals surface area contributed by atoms with Gasteiger partial charge in [-0.3, -0.25) is 9.59 Å². The molecule has 7 heteroatoms. The molecule has 1 aromatic heterocycles. The molecule has 2 N–H and O–H groups in total. The second-order valence-corrected chi connectivity index (χ2v) is 6.03. The number of carbonyl (C=O) groups excluding carboxylic acids is 2. The van der Waals surface area contributed by atoms with E-state index in [0.717, 1.165) is 12.8 Å². The van der Waals surface area contributed by atoms with Gasteiger partial charge in [-0.25, -0.2) is 9.07 Å². The number of piperidine rings is 1. The first-order valence-corrected chi connectivity index (χ1v) is 7.92. The van der Waals surface area contributed by atoms with Gasteiger partial charge in [0.05, 0.1) is 5.69 Å². The molecule has 1 aliphatic heterocycles. The molecule has 0 saturated carbocycles. The maximum atomic E-state index is 13.0. The van der Waals surface area contributed by atoms with Gasteiger partial charge >= 0.3 is 0 Å². The highest BCUT2D eigenvalue weighted by atomic mass is 19.1. The van der Waals surface area contributed by atoms with E-state index >= 15 is 0 Å². The number of primary amides is 1. The lowest BCUT2D eigenvalue weighted by Crippen LogP contribution is -2.39. The van der Waals surface area contributed by atoms with E-state index in [1.165, 1.54) is 12.1 Å². The first-order valence-electron chi connectivity index (χ1n) is 7.92. The van der Waals surface area contributed by atoms with Gasteiger partial charge in [-0.15, -0.1) is 0 Å². The van der Waals surface area contributed by atoms with E-state index in [1.54, 1.807) is 34.0 Å². The molecule has 0 spiro atoms. The van der Waals surface area contributed by atoms with Crippen molar-refractivity contribution in [2.24, 2.45) is 11.7 Å². The Balaban J connectivity index is 1.64. The van der Waals surface area contributed by atoms with Crippen molar-refractivity contribution in [3.05, 3.63) is 48.0 Å². The zero-order valence-corrected chi connectivity index (χ0v) is 13.2. The summed E-state index contributed by atoms with van der Waals surface area (Å²) in [4.78, 5) is 25.2. The largest absolute Gasteiger partial charge is 0.370 e. The van der Waals surface area contributed by atoms with E-state index in [0.29, 0.717) is 30.9 Å². The molecular formula is C17H19FN4O2. The van der Waals surface area contributed by atoms with Crippen LogP contribution in [0.1, 0.15) is 29.8 Å². The third-order valence-corrected chi connectivity index (χ3v) is 4.29. The van der Waals surface area contributed by atoms with Crippen LogP contribution < -0.4 is 5.73 Å². The van der Waals surface area contributed by atoms with Gasteiger partial charge in [-0.1, -0.05) is 0 Å². The van der Waals surface area contributed by atoms with E-state index in [4.69, 9.17) is 5.73 Å². The van der Waals surface area contributed by atoms with Gasteiger partial charge < -0.3 is 10.6 Å². The SMILES string of the molecule is NC(=O)CC1CCN(C(=O)c2ccn(-c3ccc(F)cc3)n2)CC1. The molecule has 6 nitrogen and oxygen atoms in total. The number of likely N-dealkylation sites (tertiary alicyclic amines) is 1. The summed E-state index contributed by atoms with van der Waals surface area (Å²) in [5.74, 6) is -0.490. The first kappa shape index (κ1) is 16.2. The van der Waals surface area contributed by atoms with Crippen LogP contribution in [0.25, 0.3) is 5.69 Å². The summed E-state index contributed by atoms with van der Waals surface area (Å²) in [6.07, 6.45) is 3.60. The zero-order chi connectivity index (χ0) is 17.1. The van der Waals surface area contributed by atoms with Gasteiger partial charge in [0.2, 0.25) is 5.91 Å². The summed E-state index contributed by atoms with van der Waals surface area (Å²) in [6, 6.07) is 7.56. The van der Waals surface area contributed by atoms with E-state index in [1.807, 2.05) is 0 Å². The Hall–Kier alpha value is -2.70. The lowest BCUT2D eigenvalue weighted by atomic mass is 9.93. The number of halogens is 1. The van der Waals surface area contributed by atoms with Crippen LogP contribution in [-0.4, -0.2) is 39.6 Å². The Kier molecular flexibility index (Phi) is 4.59. The van der Waals surface area contributed by atoms with Gasteiger partial charge in [0.25, 0.3) is 5.91 Å². The molecule has 2 heterocycles. The molecule has 126 valence electrons. The predicted octanol–water partition coefficient (Wildman–Crippen LogP) is 1.74. The van der Waals surface area contributed by atoms with Gasteiger partial charge in [-0.2, -0.15) is 5.10 Å². The molecule has 0 aliphatic carbocycles. The minimum absolute atomic E-state index is 0.131. The third kappa shape index (κ3) is 3.61. The van der Waals surface area contributed by atoms with Crippen LogP contribution in [0.5, 0.6) is 0 Å². The quantitative estimate of drug-likeness (QED) is 0.927. The fourth-order valence-electron chi connectivity index (χ4n) is 2.96. The monoisotopic (exact) mass is 330 g/mol. The average molecular weight is 330 g/mol. The number of aromatic nitrogens is 2. The molecule has 24 heavy (non-hydrogen) atoms. The summed E-state index contributed by atoms with van der Waals surface area (Å²) >= 11 is 0. The fourth-order valence-corrected chi connectivity index (χ4v) is 2.96. The fraction of sp³-hybridized carbons (Fsp3) is 0.353. The summed E-state index contributed by atoms with van der Waals surface area (Å²) in [5.41, 5.74) is 6.27. The molecule has 1 aliphatic rings. The Morgan fingerprint density at radius 1 is 1.17 bits per heavy atom. The van der Waals surface area contributed by atoms with Crippen molar-refractivity contribution in [1.29, 1.82) is 0 Å². The molecule has 0 radical (unpaired) electrons. The third-order valence-electron chi connectivity index (χ3n) is 4.29. The molecule has 0 unspecified atom stereocenters. The van der Waals surface area contributed by atoms with Gasteiger partial charge in [0.15, 0.2) is 5.69 Å². The minimum atomic E-state index is -0.318. The summed E-state index contributed by atoms with van der Waals surface area (Å²) in [6.45, 7) is 1.19. The van der Waals surface area contributed by atoms with Crippen LogP contribution in [0, 0.1) is 11.7 Å². The number of nitrogens with two attached hydrogens (primary N) is 1. The highest BCUT2D eigenvalue weighted by Crippen LogP contribution is 2.21. The van der Waals surface area contributed by atoms with Gasteiger partial charge in [0.1, 0.15) is 5.82 Å². The van der Waals surface area contributed by atoms with Crippen molar-refractivity contribution in [2.75, 3.05) is 13.1 Å². The number of nitrogens with zero attached hydrogens (tertiary/aromatic N) is 3. The maximum absolute atomic E-state index is 13.0. The maximum Gasteiger partial charge on any atom is 0.274 e. The Morgan fingerprint density at radius 2 is 1.83 bits per heavy atom. The minimum Gasteiger partial charge on any atom is -0.370 e. The number of hydrogen-bond donors (Lipinski definition) is 1. The van der Waals surface area contributed by atoms with Crippen LogP contribution in [-0.2, 0) is 4.79 Å². The number of amides is 2. The van der Waals surface area contributed by atoms with Crippen molar-refractivity contribution in [3.8, 4) is 5.69 Å². The normalized spacial score (nSPS) is 15.5. The van der Waals surface area contributed by atoms with E-state index in [9.17, 15) is 14.0 Å². The second kappa shape index (κ2) is 6.82. The molecule has 2 amide bonds. The molecule has 1 fully saturated rings. The molecule has 1 saturated heterocycles. The Labute approximate surface area is 139 Å². The van der Waals surface area contributed by atoms with Crippen LogP contribution in [0.15, 0.2) is 36.5 Å². The van der Waals surface area contributed by atoms with Crippen LogP contribution in [0.2, 0.25) is 0 Å². The smallest absolute Gasteiger partial charge is 0.274 e. The first-order chi connectivity index (χ1) is 11.5. The molecule has 2 aromatic rings. The number of hydrogen-bond acceptors (Lipinski definition) is 3. The standard InChI is InChI=1S/C17H19FN4O2/c18-13-1-3-14(4-2-13)22-10-7-15(20-22)17(24)21-8-5-12(6-9-21)11-16(19)23/h1-4,7,10,12H,5-6,8-9,11H2,(H2,19,23). The van der Waals surface area contributed by atoms with Crippen LogP contribution in [0.4, 0.5) is 4.39 Å².